The first kappa shape index (κ1) is 19.2. The minimum absolute atomic E-state index is 0.0902. The normalized spacial score (nSPS) is 16.9. The molecule has 152 valence electrons. The van der Waals surface area contributed by atoms with Crippen LogP contribution in [0.15, 0.2) is 43.0 Å². The maximum absolute atomic E-state index is 12.5. The van der Waals surface area contributed by atoms with Crippen LogP contribution in [0.2, 0.25) is 0 Å². The highest BCUT2D eigenvalue weighted by Gasteiger charge is 2.32. The van der Waals surface area contributed by atoms with Crippen molar-refractivity contribution in [1.29, 1.82) is 0 Å². The SMILES string of the molecule is CC(C)(C)OC(=O)N1CCCC1CNc1ccn2ncc(-c3ccncc3)c2n1. The highest BCUT2D eigenvalue weighted by atomic mass is 16.6. The van der Waals surface area contributed by atoms with Crippen LogP contribution >= 0.6 is 0 Å². The van der Waals surface area contributed by atoms with E-state index in [1.165, 1.54) is 0 Å². The zero-order valence-electron chi connectivity index (χ0n) is 17.0. The van der Waals surface area contributed by atoms with Gasteiger partial charge in [0.05, 0.1) is 12.2 Å². The van der Waals surface area contributed by atoms with Crippen molar-refractivity contribution in [2.24, 2.45) is 0 Å². The minimum Gasteiger partial charge on any atom is -0.444 e. The summed E-state index contributed by atoms with van der Waals surface area (Å²) in [4.78, 5) is 23.1. The Bertz CT molecular complexity index is 995. The molecule has 0 aliphatic carbocycles. The van der Waals surface area contributed by atoms with Crippen molar-refractivity contribution in [2.75, 3.05) is 18.4 Å². The zero-order valence-corrected chi connectivity index (χ0v) is 17.0. The molecule has 1 atom stereocenters. The van der Waals surface area contributed by atoms with Crippen molar-refractivity contribution in [3.05, 3.63) is 43.0 Å². The predicted molar refractivity (Wildman–Crippen MR) is 111 cm³/mol. The summed E-state index contributed by atoms with van der Waals surface area (Å²) in [5.41, 5.74) is 2.26. The van der Waals surface area contributed by atoms with Crippen molar-refractivity contribution < 1.29 is 9.53 Å². The summed E-state index contributed by atoms with van der Waals surface area (Å²) in [7, 11) is 0. The van der Waals surface area contributed by atoms with Crippen molar-refractivity contribution in [2.45, 2.75) is 45.3 Å². The third kappa shape index (κ3) is 4.31. The van der Waals surface area contributed by atoms with Crippen molar-refractivity contribution in [3.8, 4) is 11.1 Å². The highest BCUT2D eigenvalue weighted by Crippen LogP contribution is 2.24. The number of amides is 1. The number of likely N-dealkylation sites (tertiary alicyclic amines) is 1. The van der Waals surface area contributed by atoms with Gasteiger partial charge in [0, 0.05) is 37.2 Å². The lowest BCUT2D eigenvalue weighted by atomic mass is 10.1. The van der Waals surface area contributed by atoms with Crippen LogP contribution in [0, 0.1) is 0 Å². The number of nitrogens with zero attached hydrogens (tertiary/aromatic N) is 5. The molecule has 0 spiro atoms. The molecule has 0 aromatic carbocycles. The lowest BCUT2D eigenvalue weighted by Gasteiger charge is -2.28. The minimum atomic E-state index is -0.490. The maximum atomic E-state index is 12.5. The van der Waals surface area contributed by atoms with Crippen LogP contribution in [0.5, 0.6) is 0 Å². The van der Waals surface area contributed by atoms with Crippen LogP contribution in [-0.4, -0.2) is 55.3 Å². The Hall–Kier alpha value is -3.16. The van der Waals surface area contributed by atoms with Gasteiger partial charge in [-0.25, -0.2) is 14.3 Å². The van der Waals surface area contributed by atoms with Crippen LogP contribution in [-0.2, 0) is 4.74 Å². The Kier molecular flexibility index (Phi) is 5.08. The standard InChI is InChI=1S/C21H26N6O2/c1-21(2,3)29-20(28)26-11-4-5-16(26)13-23-18-8-12-27-19(25-18)17(14-24-27)15-6-9-22-10-7-15/h6-10,12,14,16H,4-5,11,13H2,1-3H3,(H,23,25). The first-order valence-corrected chi connectivity index (χ1v) is 9.89. The molecule has 1 saturated heterocycles. The van der Waals surface area contributed by atoms with Gasteiger partial charge in [-0.2, -0.15) is 5.10 Å². The molecule has 29 heavy (non-hydrogen) atoms. The second-order valence-electron chi connectivity index (χ2n) is 8.23. The largest absolute Gasteiger partial charge is 0.444 e. The fraction of sp³-hybridized carbons (Fsp3) is 0.429. The van der Waals surface area contributed by atoms with E-state index >= 15 is 0 Å². The molecule has 1 amide bonds. The molecular formula is C21H26N6O2. The number of rotatable bonds is 4. The second kappa shape index (κ2) is 7.69. The summed E-state index contributed by atoms with van der Waals surface area (Å²) in [5, 5.41) is 7.76. The number of ether oxygens (including phenoxy) is 1. The number of hydrogen-bond acceptors (Lipinski definition) is 6. The lowest BCUT2D eigenvalue weighted by Crippen LogP contribution is -2.42. The van der Waals surface area contributed by atoms with Crippen molar-refractivity contribution in [1.82, 2.24) is 24.5 Å². The predicted octanol–water partition coefficient (Wildman–Crippen LogP) is 3.60. The van der Waals surface area contributed by atoms with E-state index in [0.29, 0.717) is 6.54 Å². The Morgan fingerprint density at radius 3 is 2.83 bits per heavy atom. The number of aromatic nitrogens is 4. The molecule has 3 aromatic heterocycles. The van der Waals surface area contributed by atoms with Gasteiger partial charge >= 0.3 is 6.09 Å². The molecule has 0 saturated carbocycles. The van der Waals surface area contributed by atoms with E-state index in [0.717, 1.165) is 42.0 Å². The second-order valence-corrected chi connectivity index (χ2v) is 8.23. The zero-order chi connectivity index (χ0) is 20.4. The molecule has 1 N–H and O–H groups in total. The van der Waals surface area contributed by atoms with Gasteiger partial charge in [-0.05, 0) is 57.4 Å². The van der Waals surface area contributed by atoms with E-state index < -0.39 is 5.60 Å². The fourth-order valence-corrected chi connectivity index (χ4v) is 3.53. The van der Waals surface area contributed by atoms with Crippen LogP contribution < -0.4 is 5.32 Å². The molecule has 0 radical (unpaired) electrons. The first-order valence-electron chi connectivity index (χ1n) is 9.89. The molecule has 8 nitrogen and oxygen atoms in total. The Labute approximate surface area is 169 Å². The molecule has 1 unspecified atom stereocenters. The molecule has 1 aliphatic heterocycles. The van der Waals surface area contributed by atoms with Gasteiger partial charge in [0.2, 0.25) is 0 Å². The van der Waals surface area contributed by atoms with Crippen LogP contribution in [0.1, 0.15) is 33.6 Å². The average molecular weight is 394 g/mol. The third-order valence-electron chi connectivity index (χ3n) is 4.88. The van der Waals surface area contributed by atoms with E-state index in [1.54, 1.807) is 16.9 Å². The summed E-state index contributed by atoms with van der Waals surface area (Å²) in [6.45, 7) is 7.02. The van der Waals surface area contributed by atoms with E-state index in [-0.39, 0.29) is 12.1 Å². The Morgan fingerprint density at radius 1 is 1.28 bits per heavy atom. The van der Waals surface area contributed by atoms with Gasteiger partial charge in [0.1, 0.15) is 11.4 Å². The number of carbonyl (C=O) groups excluding carboxylic acids is 1. The summed E-state index contributed by atoms with van der Waals surface area (Å²) < 4.78 is 7.30. The first-order chi connectivity index (χ1) is 13.9. The van der Waals surface area contributed by atoms with Gasteiger partial charge in [0.25, 0.3) is 0 Å². The summed E-state index contributed by atoms with van der Waals surface area (Å²) in [6.07, 6.45) is 8.88. The number of carbonyl (C=O) groups is 1. The third-order valence-corrected chi connectivity index (χ3v) is 4.88. The number of pyridine rings is 1. The maximum Gasteiger partial charge on any atom is 0.410 e. The molecule has 4 heterocycles. The van der Waals surface area contributed by atoms with Crippen LogP contribution in [0.4, 0.5) is 10.6 Å². The van der Waals surface area contributed by atoms with Gasteiger partial charge in [-0.1, -0.05) is 0 Å². The number of anilines is 1. The van der Waals surface area contributed by atoms with Crippen LogP contribution in [0.3, 0.4) is 0 Å². The molecule has 4 rings (SSSR count). The van der Waals surface area contributed by atoms with E-state index in [9.17, 15) is 4.79 Å². The summed E-state index contributed by atoms with van der Waals surface area (Å²) in [5.74, 6) is 0.754. The number of fused-ring (bicyclic) bond motifs is 1. The quantitative estimate of drug-likeness (QED) is 0.728. The topological polar surface area (TPSA) is 84.7 Å². The fourth-order valence-electron chi connectivity index (χ4n) is 3.53. The monoisotopic (exact) mass is 394 g/mol. The summed E-state index contributed by atoms with van der Waals surface area (Å²) >= 11 is 0. The molecular weight excluding hydrogens is 368 g/mol. The van der Waals surface area contributed by atoms with Crippen LogP contribution in [0.25, 0.3) is 16.8 Å². The summed E-state index contributed by atoms with van der Waals surface area (Å²) in [6, 6.07) is 5.86. The Balaban J connectivity index is 1.48. The Morgan fingerprint density at radius 2 is 2.07 bits per heavy atom. The van der Waals surface area contributed by atoms with Gasteiger partial charge in [-0.3, -0.25) is 4.98 Å². The van der Waals surface area contributed by atoms with Gasteiger partial charge in [0.15, 0.2) is 5.65 Å². The highest BCUT2D eigenvalue weighted by molar-refractivity contribution is 5.77. The van der Waals surface area contributed by atoms with Crippen molar-refractivity contribution >= 4 is 17.6 Å². The van der Waals surface area contributed by atoms with E-state index in [1.807, 2.05) is 56.3 Å². The van der Waals surface area contributed by atoms with E-state index in [2.05, 4.69) is 15.4 Å². The average Bonchev–Trinajstić information content (AvgIpc) is 3.32. The molecule has 1 fully saturated rings. The van der Waals surface area contributed by atoms with E-state index in [4.69, 9.17) is 9.72 Å². The van der Waals surface area contributed by atoms with Gasteiger partial charge < -0.3 is 15.0 Å². The smallest absolute Gasteiger partial charge is 0.410 e. The molecule has 8 heteroatoms. The molecule has 0 bridgehead atoms. The van der Waals surface area contributed by atoms with Gasteiger partial charge in [-0.15, -0.1) is 0 Å². The molecule has 1 aliphatic rings. The van der Waals surface area contributed by atoms with Crippen molar-refractivity contribution in [3.63, 3.8) is 0 Å². The molecule has 3 aromatic rings. The number of nitrogens with one attached hydrogen (secondary N) is 1. The number of hydrogen-bond donors (Lipinski definition) is 1. The lowest BCUT2D eigenvalue weighted by molar-refractivity contribution is 0.0235.